The number of ether oxygens (including phenoxy) is 1. The Morgan fingerprint density at radius 1 is 1.56 bits per heavy atom. The van der Waals surface area contributed by atoms with E-state index in [9.17, 15) is 9.90 Å². The Bertz CT molecular complexity index is 378. The van der Waals surface area contributed by atoms with Crippen LogP contribution in [0.3, 0.4) is 0 Å². The van der Waals surface area contributed by atoms with Crippen molar-refractivity contribution < 1.29 is 19.7 Å². The molecule has 1 unspecified atom stereocenters. The topological polar surface area (TPSA) is 92.8 Å². The summed E-state index contributed by atoms with van der Waals surface area (Å²) in [5.74, 6) is -0.630. The van der Waals surface area contributed by atoms with Crippen molar-refractivity contribution in [2.75, 3.05) is 6.61 Å². The van der Waals surface area contributed by atoms with Crippen LogP contribution in [0.5, 0.6) is 11.5 Å². The Hall–Kier alpha value is -1.75. The van der Waals surface area contributed by atoms with E-state index < -0.39 is 12.0 Å². The molecule has 0 bridgehead atoms. The summed E-state index contributed by atoms with van der Waals surface area (Å²) in [5, 5.41) is 18.3. The second kappa shape index (κ2) is 5.37. The quantitative estimate of drug-likeness (QED) is 0.701. The summed E-state index contributed by atoms with van der Waals surface area (Å²) in [4.78, 5) is 10.6. The first-order chi connectivity index (χ1) is 7.56. The zero-order chi connectivity index (χ0) is 12.1. The Balaban J connectivity index is 3.03. The highest BCUT2D eigenvalue weighted by Crippen LogP contribution is 2.33. The minimum atomic E-state index is -1.02. The number of aromatic hydroxyl groups is 1. The van der Waals surface area contributed by atoms with E-state index in [-0.39, 0.29) is 12.2 Å². The van der Waals surface area contributed by atoms with Gasteiger partial charge in [-0.2, -0.15) is 0 Å². The van der Waals surface area contributed by atoms with Gasteiger partial charge in [-0.05, 0) is 19.1 Å². The minimum absolute atomic E-state index is 0.0419. The zero-order valence-corrected chi connectivity index (χ0v) is 9.01. The summed E-state index contributed by atoms with van der Waals surface area (Å²) < 4.78 is 5.29. The van der Waals surface area contributed by atoms with Crippen LogP contribution in [0.15, 0.2) is 18.2 Å². The van der Waals surface area contributed by atoms with Crippen LogP contribution < -0.4 is 10.5 Å². The lowest BCUT2D eigenvalue weighted by Crippen LogP contribution is -2.16. The van der Waals surface area contributed by atoms with E-state index in [1.54, 1.807) is 19.1 Å². The maximum absolute atomic E-state index is 10.6. The Morgan fingerprint density at radius 2 is 2.25 bits per heavy atom. The van der Waals surface area contributed by atoms with Gasteiger partial charge in [0.1, 0.15) is 11.5 Å². The van der Waals surface area contributed by atoms with Crippen molar-refractivity contribution in [2.24, 2.45) is 5.73 Å². The van der Waals surface area contributed by atoms with Gasteiger partial charge < -0.3 is 20.7 Å². The average Bonchev–Trinajstić information content (AvgIpc) is 2.16. The molecule has 1 atom stereocenters. The molecule has 0 heterocycles. The van der Waals surface area contributed by atoms with Crippen molar-refractivity contribution >= 4 is 5.97 Å². The third-order valence-corrected chi connectivity index (χ3v) is 2.11. The highest BCUT2D eigenvalue weighted by atomic mass is 16.5. The van der Waals surface area contributed by atoms with Crippen LogP contribution in [0.1, 0.15) is 24.9 Å². The number of phenols is 1. The van der Waals surface area contributed by atoms with Crippen molar-refractivity contribution in [2.45, 2.75) is 19.4 Å². The fourth-order valence-corrected chi connectivity index (χ4v) is 1.48. The molecule has 0 aliphatic heterocycles. The summed E-state index contributed by atoms with van der Waals surface area (Å²) in [6.07, 6.45) is -0.252. The molecule has 0 aromatic heterocycles. The van der Waals surface area contributed by atoms with Gasteiger partial charge in [-0.3, -0.25) is 4.79 Å². The molecule has 0 aliphatic rings. The fourth-order valence-electron chi connectivity index (χ4n) is 1.48. The molecule has 0 amide bonds. The lowest BCUT2D eigenvalue weighted by atomic mass is 10.0. The number of carboxylic acid groups (broad SMARTS) is 1. The standard InChI is InChI=1S/C11H15NO4/c1-2-16-9-5-3-4-8(13)11(9)7(12)6-10(14)15/h3-5,7,13H,2,6,12H2,1H3,(H,14,15). The number of carboxylic acids is 1. The van der Waals surface area contributed by atoms with Gasteiger partial charge in [0, 0.05) is 6.04 Å². The summed E-state index contributed by atoms with van der Waals surface area (Å²) in [5.41, 5.74) is 6.05. The number of benzene rings is 1. The molecule has 0 radical (unpaired) electrons. The average molecular weight is 225 g/mol. The van der Waals surface area contributed by atoms with E-state index in [4.69, 9.17) is 15.6 Å². The predicted octanol–water partition coefficient (Wildman–Crippen LogP) is 1.27. The van der Waals surface area contributed by atoms with E-state index in [0.29, 0.717) is 17.9 Å². The van der Waals surface area contributed by atoms with Crippen LogP contribution in [0, 0.1) is 0 Å². The van der Waals surface area contributed by atoms with Crippen LogP contribution in [0.4, 0.5) is 0 Å². The Morgan fingerprint density at radius 3 is 2.81 bits per heavy atom. The van der Waals surface area contributed by atoms with Gasteiger partial charge in [0.25, 0.3) is 0 Å². The molecule has 1 aromatic rings. The van der Waals surface area contributed by atoms with Gasteiger partial charge >= 0.3 is 5.97 Å². The molecule has 1 aromatic carbocycles. The van der Waals surface area contributed by atoms with Crippen LogP contribution in [-0.4, -0.2) is 22.8 Å². The third-order valence-electron chi connectivity index (χ3n) is 2.11. The number of phenolic OH excluding ortho intramolecular Hbond substituents is 1. The summed E-state index contributed by atoms with van der Waals surface area (Å²) in [7, 11) is 0. The van der Waals surface area contributed by atoms with Crippen LogP contribution in [-0.2, 0) is 4.79 Å². The molecule has 0 aliphatic carbocycles. The SMILES string of the molecule is CCOc1cccc(O)c1C(N)CC(=O)O. The maximum atomic E-state index is 10.6. The number of nitrogens with two attached hydrogens (primary N) is 1. The van der Waals surface area contributed by atoms with Crippen LogP contribution in [0.2, 0.25) is 0 Å². The van der Waals surface area contributed by atoms with Crippen molar-refractivity contribution in [1.82, 2.24) is 0 Å². The van der Waals surface area contributed by atoms with Crippen molar-refractivity contribution in [1.29, 1.82) is 0 Å². The molecule has 0 spiro atoms. The summed E-state index contributed by atoms with van der Waals surface area (Å²) in [6.45, 7) is 2.23. The van der Waals surface area contributed by atoms with Crippen molar-refractivity contribution in [3.05, 3.63) is 23.8 Å². The summed E-state index contributed by atoms with van der Waals surface area (Å²) >= 11 is 0. The molecule has 88 valence electrons. The molecule has 0 saturated heterocycles. The molecule has 5 heteroatoms. The van der Waals surface area contributed by atoms with Gasteiger partial charge in [0.2, 0.25) is 0 Å². The second-order valence-electron chi connectivity index (χ2n) is 3.33. The van der Waals surface area contributed by atoms with Gasteiger partial charge in [-0.15, -0.1) is 0 Å². The lowest BCUT2D eigenvalue weighted by molar-refractivity contribution is -0.137. The summed E-state index contributed by atoms with van der Waals surface area (Å²) in [6, 6.07) is 3.96. The van der Waals surface area contributed by atoms with E-state index in [0.717, 1.165) is 0 Å². The van der Waals surface area contributed by atoms with Gasteiger partial charge in [-0.25, -0.2) is 0 Å². The van der Waals surface area contributed by atoms with E-state index in [1.807, 2.05) is 0 Å². The first-order valence-corrected chi connectivity index (χ1v) is 4.98. The van der Waals surface area contributed by atoms with Crippen LogP contribution in [0.25, 0.3) is 0 Å². The Labute approximate surface area is 93.5 Å². The number of hydrogen-bond acceptors (Lipinski definition) is 4. The van der Waals surface area contributed by atoms with Gasteiger partial charge in [0.15, 0.2) is 0 Å². The molecule has 16 heavy (non-hydrogen) atoms. The van der Waals surface area contributed by atoms with E-state index in [1.165, 1.54) is 6.07 Å². The molecular formula is C11H15NO4. The first kappa shape index (κ1) is 12.3. The van der Waals surface area contributed by atoms with Gasteiger partial charge in [-0.1, -0.05) is 6.07 Å². The molecule has 1 rings (SSSR count). The third kappa shape index (κ3) is 2.87. The number of aliphatic carboxylic acids is 1. The molecule has 0 saturated carbocycles. The first-order valence-electron chi connectivity index (χ1n) is 4.98. The lowest BCUT2D eigenvalue weighted by Gasteiger charge is -2.16. The van der Waals surface area contributed by atoms with Gasteiger partial charge in [0.05, 0.1) is 18.6 Å². The largest absolute Gasteiger partial charge is 0.507 e. The monoisotopic (exact) mass is 225 g/mol. The molecule has 0 fully saturated rings. The van der Waals surface area contributed by atoms with Crippen LogP contribution >= 0.6 is 0 Å². The molecular weight excluding hydrogens is 210 g/mol. The fraction of sp³-hybridized carbons (Fsp3) is 0.364. The number of carbonyl (C=O) groups is 1. The Kier molecular flexibility index (Phi) is 4.13. The highest BCUT2D eigenvalue weighted by molar-refractivity contribution is 5.68. The predicted molar refractivity (Wildman–Crippen MR) is 58.5 cm³/mol. The van der Waals surface area contributed by atoms with Crippen molar-refractivity contribution in [3.8, 4) is 11.5 Å². The van der Waals surface area contributed by atoms with E-state index >= 15 is 0 Å². The molecule has 5 nitrogen and oxygen atoms in total. The smallest absolute Gasteiger partial charge is 0.305 e. The second-order valence-corrected chi connectivity index (χ2v) is 3.33. The minimum Gasteiger partial charge on any atom is -0.507 e. The maximum Gasteiger partial charge on any atom is 0.305 e. The zero-order valence-electron chi connectivity index (χ0n) is 9.01. The number of hydrogen-bond donors (Lipinski definition) is 3. The normalized spacial score (nSPS) is 12.1. The van der Waals surface area contributed by atoms with Crippen molar-refractivity contribution in [3.63, 3.8) is 0 Å². The number of rotatable bonds is 5. The van der Waals surface area contributed by atoms with E-state index in [2.05, 4.69) is 0 Å². The highest BCUT2D eigenvalue weighted by Gasteiger charge is 2.19. The molecule has 4 N–H and O–H groups in total.